The summed E-state index contributed by atoms with van der Waals surface area (Å²) in [6.07, 6.45) is 0.331. The maximum absolute atomic E-state index is 12.1. The molecule has 1 aromatic rings. The van der Waals surface area contributed by atoms with Gasteiger partial charge in [0.25, 0.3) is 5.91 Å². The number of carbonyl (C=O) groups excluding carboxylic acids is 1. The molecule has 4 nitrogen and oxygen atoms in total. The molecule has 1 rings (SSSR count). The van der Waals surface area contributed by atoms with Crippen LogP contribution in [0.1, 0.15) is 29.4 Å². The number of nitrogens with zero attached hydrogens (tertiary/aromatic N) is 3. The van der Waals surface area contributed by atoms with E-state index in [2.05, 4.69) is 4.98 Å². The van der Waals surface area contributed by atoms with E-state index in [1.54, 1.807) is 24.0 Å². The van der Waals surface area contributed by atoms with Gasteiger partial charge in [-0.15, -0.1) is 0 Å². The molecule has 0 saturated carbocycles. The molecule has 0 spiro atoms. The Bertz CT molecular complexity index is 433. The van der Waals surface area contributed by atoms with Gasteiger partial charge in [0.1, 0.15) is 5.15 Å². The lowest BCUT2D eigenvalue weighted by atomic mass is 10.2. The van der Waals surface area contributed by atoms with E-state index in [0.29, 0.717) is 35.9 Å². The van der Waals surface area contributed by atoms with Gasteiger partial charge in [0.2, 0.25) is 0 Å². The largest absolute Gasteiger partial charge is 0.338 e. The van der Waals surface area contributed by atoms with E-state index < -0.39 is 0 Å². The third-order valence-corrected chi connectivity index (χ3v) is 2.53. The molecule has 0 aliphatic rings. The predicted octanol–water partition coefficient (Wildman–Crippen LogP) is 2.42. The molecule has 0 radical (unpaired) electrons. The van der Waals surface area contributed by atoms with Crippen LogP contribution in [0.4, 0.5) is 0 Å². The van der Waals surface area contributed by atoms with Gasteiger partial charge in [-0.3, -0.25) is 4.79 Å². The molecule has 1 amide bonds. The second kappa shape index (κ2) is 6.21. The summed E-state index contributed by atoms with van der Waals surface area (Å²) in [6.45, 7) is 4.67. The zero-order chi connectivity index (χ0) is 12.8. The first-order valence-electron chi connectivity index (χ1n) is 5.39. The fourth-order valence-electron chi connectivity index (χ4n) is 1.52. The molecule has 17 heavy (non-hydrogen) atoms. The second-order valence-corrected chi connectivity index (χ2v) is 4.00. The average molecular weight is 252 g/mol. The van der Waals surface area contributed by atoms with Crippen molar-refractivity contribution in [3.63, 3.8) is 0 Å². The summed E-state index contributed by atoms with van der Waals surface area (Å²) >= 11 is 5.81. The summed E-state index contributed by atoms with van der Waals surface area (Å²) in [5, 5.41) is 8.84. The van der Waals surface area contributed by atoms with E-state index in [-0.39, 0.29) is 5.91 Å². The Labute approximate surface area is 106 Å². The van der Waals surface area contributed by atoms with Gasteiger partial charge in [-0.05, 0) is 26.0 Å². The first-order valence-corrected chi connectivity index (χ1v) is 5.76. The third kappa shape index (κ3) is 3.72. The minimum atomic E-state index is -0.116. The maximum atomic E-state index is 12.1. The van der Waals surface area contributed by atoms with Gasteiger partial charge < -0.3 is 4.90 Å². The van der Waals surface area contributed by atoms with Crippen molar-refractivity contribution in [2.75, 3.05) is 13.1 Å². The van der Waals surface area contributed by atoms with Gasteiger partial charge in [0.05, 0.1) is 12.5 Å². The Morgan fingerprint density at radius 2 is 2.29 bits per heavy atom. The van der Waals surface area contributed by atoms with Crippen molar-refractivity contribution in [1.82, 2.24) is 9.88 Å². The number of hydrogen-bond acceptors (Lipinski definition) is 3. The number of nitriles is 1. The van der Waals surface area contributed by atoms with Gasteiger partial charge in [0, 0.05) is 24.3 Å². The molecule has 0 aliphatic carbocycles. The topological polar surface area (TPSA) is 57.0 Å². The van der Waals surface area contributed by atoms with Crippen LogP contribution in [-0.4, -0.2) is 28.9 Å². The molecule has 0 fully saturated rings. The fourth-order valence-corrected chi connectivity index (χ4v) is 1.77. The van der Waals surface area contributed by atoms with E-state index in [9.17, 15) is 4.79 Å². The number of aromatic nitrogens is 1. The van der Waals surface area contributed by atoms with E-state index >= 15 is 0 Å². The molecular weight excluding hydrogens is 238 g/mol. The highest BCUT2D eigenvalue weighted by Gasteiger charge is 2.14. The Hall–Kier alpha value is -1.60. The third-order valence-electron chi connectivity index (χ3n) is 2.33. The average Bonchev–Trinajstić information content (AvgIpc) is 2.28. The van der Waals surface area contributed by atoms with E-state index in [1.165, 1.54) is 0 Å². The van der Waals surface area contributed by atoms with Crippen LogP contribution in [0.2, 0.25) is 5.15 Å². The smallest absolute Gasteiger partial charge is 0.254 e. The first kappa shape index (κ1) is 13.5. The van der Waals surface area contributed by atoms with Crippen molar-refractivity contribution in [2.24, 2.45) is 0 Å². The SMILES string of the molecule is CCN(CCC#N)C(=O)c1cc(C)nc(Cl)c1. The second-order valence-electron chi connectivity index (χ2n) is 3.61. The van der Waals surface area contributed by atoms with E-state index in [1.807, 2.05) is 13.0 Å². The van der Waals surface area contributed by atoms with Gasteiger partial charge in [-0.1, -0.05) is 11.6 Å². The van der Waals surface area contributed by atoms with E-state index in [4.69, 9.17) is 16.9 Å². The van der Waals surface area contributed by atoms with Crippen molar-refractivity contribution in [3.05, 3.63) is 28.5 Å². The minimum Gasteiger partial charge on any atom is -0.338 e. The van der Waals surface area contributed by atoms with Crippen LogP contribution in [0.15, 0.2) is 12.1 Å². The number of pyridine rings is 1. The van der Waals surface area contributed by atoms with Crippen LogP contribution >= 0.6 is 11.6 Å². The Morgan fingerprint density at radius 1 is 1.59 bits per heavy atom. The Morgan fingerprint density at radius 3 is 2.82 bits per heavy atom. The highest BCUT2D eigenvalue weighted by Crippen LogP contribution is 2.12. The zero-order valence-corrected chi connectivity index (χ0v) is 10.7. The lowest BCUT2D eigenvalue weighted by Crippen LogP contribution is -2.31. The molecule has 0 aliphatic heterocycles. The summed E-state index contributed by atoms with van der Waals surface area (Å²) in [7, 11) is 0. The maximum Gasteiger partial charge on any atom is 0.254 e. The van der Waals surface area contributed by atoms with Gasteiger partial charge in [-0.25, -0.2) is 4.98 Å². The van der Waals surface area contributed by atoms with Gasteiger partial charge in [0.15, 0.2) is 0 Å². The van der Waals surface area contributed by atoms with Crippen LogP contribution in [0.5, 0.6) is 0 Å². The monoisotopic (exact) mass is 251 g/mol. The number of rotatable bonds is 4. The van der Waals surface area contributed by atoms with Crippen LogP contribution in [0.25, 0.3) is 0 Å². The summed E-state index contributed by atoms with van der Waals surface area (Å²) in [5.74, 6) is -0.116. The number of hydrogen-bond donors (Lipinski definition) is 0. The molecule has 0 saturated heterocycles. The molecule has 0 bridgehead atoms. The van der Waals surface area contributed by atoms with Crippen molar-refractivity contribution < 1.29 is 4.79 Å². The number of carbonyl (C=O) groups is 1. The standard InChI is InChI=1S/C12H14ClN3O/c1-3-16(6-4-5-14)12(17)10-7-9(2)15-11(13)8-10/h7-8H,3-4,6H2,1-2H3. The summed E-state index contributed by atoms with van der Waals surface area (Å²) in [4.78, 5) is 17.7. The van der Waals surface area contributed by atoms with Crippen molar-refractivity contribution in [2.45, 2.75) is 20.3 Å². The molecule has 0 aromatic carbocycles. The molecule has 1 aromatic heterocycles. The summed E-state index contributed by atoms with van der Waals surface area (Å²) < 4.78 is 0. The fraction of sp³-hybridized carbons (Fsp3) is 0.417. The van der Waals surface area contributed by atoms with Crippen LogP contribution in [0.3, 0.4) is 0 Å². The quantitative estimate of drug-likeness (QED) is 0.773. The van der Waals surface area contributed by atoms with Crippen LogP contribution in [-0.2, 0) is 0 Å². The Balaban J connectivity index is 2.90. The summed E-state index contributed by atoms with van der Waals surface area (Å²) in [5.41, 5.74) is 1.22. The van der Waals surface area contributed by atoms with Crippen molar-refractivity contribution >= 4 is 17.5 Å². The minimum absolute atomic E-state index is 0.116. The lowest BCUT2D eigenvalue weighted by Gasteiger charge is -2.19. The molecule has 5 heteroatoms. The molecule has 1 heterocycles. The van der Waals surface area contributed by atoms with Crippen LogP contribution in [0, 0.1) is 18.3 Å². The first-order chi connectivity index (χ1) is 8.08. The lowest BCUT2D eigenvalue weighted by molar-refractivity contribution is 0.0767. The summed E-state index contributed by atoms with van der Waals surface area (Å²) in [6, 6.07) is 5.27. The van der Waals surface area contributed by atoms with Crippen LogP contribution < -0.4 is 0 Å². The zero-order valence-electron chi connectivity index (χ0n) is 9.90. The normalized spacial score (nSPS) is 9.76. The number of aryl methyl sites for hydroxylation is 1. The predicted molar refractivity (Wildman–Crippen MR) is 65.8 cm³/mol. The van der Waals surface area contributed by atoms with Crippen molar-refractivity contribution in [3.8, 4) is 6.07 Å². The number of amides is 1. The van der Waals surface area contributed by atoms with Crippen molar-refractivity contribution in [1.29, 1.82) is 5.26 Å². The highest BCUT2D eigenvalue weighted by atomic mass is 35.5. The molecule has 0 N–H and O–H groups in total. The number of halogens is 1. The molecule has 0 atom stereocenters. The molecular formula is C12H14ClN3O. The van der Waals surface area contributed by atoms with Gasteiger partial charge in [-0.2, -0.15) is 5.26 Å². The Kier molecular flexibility index (Phi) is 4.92. The molecule has 90 valence electrons. The molecule has 0 unspecified atom stereocenters. The highest BCUT2D eigenvalue weighted by molar-refractivity contribution is 6.29. The van der Waals surface area contributed by atoms with Gasteiger partial charge >= 0.3 is 0 Å². The van der Waals surface area contributed by atoms with E-state index in [0.717, 1.165) is 0 Å².